The second-order valence-corrected chi connectivity index (χ2v) is 16.0. The van der Waals surface area contributed by atoms with E-state index in [0.717, 1.165) is 0 Å². The van der Waals surface area contributed by atoms with Gasteiger partial charge in [-0.1, -0.05) is 0 Å². The molecule has 0 amide bonds. The normalized spacial score (nSPS) is 45.2. The van der Waals surface area contributed by atoms with E-state index in [1.54, 1.807) is 0 Å². The molecule has 336 valence electrons. The van der Waals surface area contributed by atoms with Crippen molar-refractivity contribution in [3.63, 3.8) is 0 Å². The number of hydrogen-bond donors (Lipinski definition) is 14. The quantitative estimate of drug-likeness (QED) is 0.0639. The van der Waals surface area contributed by atoms with Gasteiger partial charge in [-0.3, -0.25) is 13.7 Å². The van der Waals surface area contributed by atoms with Gasteiger partial charge in [0.15, 0.2) is 25.2 Å². The highest BCUT2D eigenvalue weighted by atomic mass is 32.3. The predicted molar refractivity (Wildman–Crippen MR) is 165 cm³/mol. The average Bonchev–Trinajstić information content (AvgIpc) is 3.11. The van der Waals surface area contributed by atoms with Gasteiger partial charge in [-0.2, -0.15) is 25.3 Å². The van der Waals surface area contributed by atoms with Gasteiger partial charge >= 0.3 is 31.2 Å². The zero-order valence-corrected chi connectivity index (χ0v) is 30.8. The van der Waals surface area contributed by atoms with Crippen LogP contribution in [0.1, 0.15) is 0 Å². The van der Waals surface area contributed by atoms with E-state index in [-0.39, 0.29) is 0 Å². The maximum atomic E-state index is 11.4. The van der Waals surface area contributed by atoms with Crippen LogP contribution in [0.5, 0.6) is 0 Å². The van der Waals surface area contributed by atoms with Gasteiger partial charge in [0, 0.05) is 0 Å². The van der Waals surface area contributed by atoms with Crippen LogP contribution in [-0.4, -0.2) is 244 Å². The summed E-state index contributed by atoms with van der Waals surface area (Å²) in [7, 11) is -15.8. The summed E-state index contributed by atoms with van der Waals surface area (Å²) in [5.41, 5.74) is 0. The number of rotatable bonds is 16. The first-order valence-electron chi connectivity index (χ1n) is 16.1. The van der Waals surface area contributed by atoms with Gasteiger partial charge in [0.05, 0.1) is 26.4 Å². The van der Waals surface area contributed by atoms with E-state index in [2.05, 4.69) is 12.5 Å². The first-order valence-corrected chi connectivity index (χ1v) is 20.2. The smallest absolute Gasteiger partial charge is 0.394 e. The molecule has 0 aromatic heterocycles. The summed E-state index contributed by atoms with van der Waals surface area (Å²) < 4.78 is 145. The minimum absolute atomic E-state index is 0.971. The van der Waals surface area contributed by atoms with Crippen LogP contribution in [0, 0.1) is 0 Å². The fourth-order valence-corrected chi connectivity index (χ4v) is 6.88. The molecule has 14 N–H and O–H groups in total. The Hall–Kier alpha value is -1.11. The summed E-state index contributed by atoms with van der Waals surface area (Å²) in [6.45, 7) is -4.84. The Morgan fingerprint density at radius 3 is 1.07 bits per heavy atom. The topological polar surface area (TPSA) is 478 Å². The van der Waals surface area contributed by atoms with Crippen LogP contribution in [0.15, 0.2) is 0 Å². The molecule has 0 aliphatic carbocycles. The highest BCUT2D eigenvalue weighted by Gasteiger charge is 2.55. The molecule has 0 aromatic rings. The van der Waals surface area contributed by atoms with Crippen molar-refractivity contribution in [2.24, 2.45) is 0 Å². The molecule has 20 atom stereocenters. The number of aliphatic hydroxyl groups excluding tert-OH is 11. The third-order valence-corrected chi connectivity index (χ3v) is 10.1. The van der Waals surface area contributed by atoms with Crippen LogP contribution in [-0.2, 0) is 76.9 Å². The lowest BCUT2D eigenvalue weighted by atomic mass is 9.95. The minimum Gasteiger partial charge on any atom is -0.394 e. The van der Waals surface area contributed by atoms with Crippen LogP contribution >= 0.6 is 0 Å². The fraction of sp³-hybridized carbons (Fsp3) is 1.00. The van der Waals surface area contributed by atoms with Crippen molar-refractivity contribution in [1.82, 2.24) is 0 Å². The molecule has 0 radical (unpaired) electrons. The number of aliphatic hydroxyl groups is 11. The van der Waals surface area contributed by atoms with Crippen molar-refractivity contribution >= 4 is 31.2 Å². The van der Waals surface area contributed by atoms with Crippen LogP contribution in [0.4, 0.5) is 0 Å². The Morgan fingerprint density at radius 1 is 0.386 bits per heavy atom. The van der Waals surface area contributed by atoms with E-state index >= 15 is 0 Å². The largest absolute Gasteiger partial charge is 0.397 e. The molecule has 4 aliphatic rings. The van der Waals surface area contributed by atoms with Crippen LogP contribution in [0.25, 0.3) is 0 Å². The summed E-state index contributed by atoms with van der Waals surface area (Å²) in [5, 5.41) is 115. The zero-order chi connectivity index (χ0) is 42.9. The van der Waals surface area contributed by atoms with Crippen LogP contribution in [0.2, 0.25) is 0 Å². The van der Waals surface area contributed by atoms with Gasteiger partial charge in [-0.15, -0.1) is 0 Å². The maximum absolute atomic E-state index is 11.4. The van der Waals surface area contributed by atoms with Gasteiger partial charge < -0.3 is 89.3 Å². The molecule has 0 bridgehead atoms. The van der Waals surface area contributed by atoms with Gasteiger partial charge in [0.1, 0.15) is 97.7 Å². The highest BCUT2D eigenvalue weighted by Crippen LogP contribution is 2.34. The van der Waals surface area contributed by atoms with E-state index < -0.39 is 180 Å². The van der Waals surface area contributed by atoms with Crippen LogP contribution < -0.4 is 0 Å². The zero-order valence-electron chi connectivity index (χ0n) is 28.4. The monoisotopic (exact) mass is 906 g/mol. The molecule has 0 saturated carbocycles. The average molecular weight is 907 g/mol. The molecule has 4 fully saturated rings. The van der Waals surface area contributed by atoms with Gasteiger partial charge in [0.2, 0.25) is 0 Å². The highest BCUT2D eigenvalue weighted by molar-refractivity contribution is 7.81. The van der Waals surface area contributed by atoms with Gasteiger partial charge in [0.25, 0.3) is 0 Å². The summed E-state index contributed by atoms with van der Waals surface area (Å²) >= 11 is 0. The van der Waals surface area contributed by atoms with Crippen molar-refractivity contribution < 1.29 is 141 Å². The van der Waals surface area contributed by atoms with E-state index in [0.29, 0.717) is 0 Å². The van der Waals surface area contributed by atoms with Crippen LogP contribution in [0.3, 0.4) is 0 Å². The number of hydrogen-bond acceptors (Lipinski definition) is 27. The van der Waals surface area contributed by atoms with Gasteiger partial charge in [-0.05, 0) is 0 Å². The second-order valence-electron chi connectivity index (χ2n) is 12.7. The standard InChI is InChI=1S/C24H42O30S3/c25-1-5-18(11(28)14(31)21(35)48-5)52-23-16(33)12(29)20(8(50-23)4-47-57(42,43)44)54-24-17(34)13(30)19(7(51-24)3-46-56(39,40)41)53-22-15(32)10(27)9(26)6(49-22)2-45-55(36,37)38/h5-35H,1-4H2,(H,36,37,38)(H,39,40,41)(H,42,43,44)/t5-,6-,7-,8-,9-,10+,11-,12-,13-,14-,15-,16-,17-,18-,19-,20-,21+,22+,23+,24+/m1/s1. The maximum Gasteiger partial charge on any atom is 0.397 e. The van der Waals surface area contributed by atoms with Crippen molar-refractivity contribution in [3.05, 3.63) is 0 Å². The Labute approximate surface area is 320 Å². The lowest BCUT2D eigenvalue weighted by Crippen LogP contribution is -2.67. The molecule has 0 spiro atoms. The molecule has 30 nitrogen and oxygen atoms in total. The van der Waals surface area contributed by atoms with Gasteiger partial charge in [-0.25, -0.2) is 12.5 Å². The van der Waals surface area contributed by atoms with E-state index in [9.17, 15) is 90.5 Å². The lowest BCUT2D eigenvalue weighted by Gasteiger charge is -2.49. The Balaban J connectivity index is 1.58. The van der Waals surface area contributed by atoms with Crippen molar-refractivity contribution in [3.8, 4) is 0 Å². The van der Waals surface area contributed by atoms with Crippen molar-refractivity contribution in [2.45, 2.75) is 123 Å². The molecular formula is C24H42O30S3. The summed E-state index contributed by atoms with van der Waals surface area (Å²) in [5.74, 6) is 0. The number of ether oxygens (including phenoxy) is 7. The minimum atomic E-state index is -5.34. The lowest BCUT2D eigenvalue weighted by molar-refractivity contribution is -0.386. The fourth-order valence-electron chi connectivity index (χ4n) is 5.97. The SMILES string of the molecule is O=S(=O)(O)OC[C@H]1O[C@@H](O[C@H]2[C@H](O)[C@@H](O)[C@H](O[C@H]3[C@H](O)[C@@H](O)[C@H](O[C@H]4[C@H](O)[C@@H](O)[C@@H](O)O[C@@H]4CO)O[C@@H]3COS(=O)(=O)O)O[C@@H]2COS(=O)(=O)O)[C@H](O)[C@@H](O)[C@@H]1O. The summed E-state index contributed by atoms with van der Waals surface area (Å²) in [4.78, 5) is 0. The second kappa shape index (κ2) is 19.3. The first kappa shape index (κ1) is 48.6. The molecule has 0 aromatic carbocycles. The Morgan fingerprint density at radius 2 is 0.702 bits per heavy atom. The Bertz CT molecular complexity index is 1630. The predicted octanol–water partition coefficient (Wildman–Crippen LogP) is -10.3. The molecule has 4 saturated heterocycles. The third-order valence-electron chi connectivity index (χ3n) is 8.81. The summed E-state index contributed by atoms with van der Waals surface area (Å²) in [6, 6.07) is 0. The molecule has 57 heavy (non-hydrogen) atoms. The van der Waals surface area contributed by atoms with E-state index in [1.165, 1.54) is 0 Å². The van der Waals surface area contributed by atoms with E-state index in [4.69, 9.17) is 37.7 Å². The summed E-state index contributed by atoms with van der Waals surface area (Å²) in [6.07, 6.45) is -42.8. The molecular weight excluding hydrogens is 864 g/mol. The molecule has 33 heteroatoms. The molecule has 4 rings (SSSR count). The van der Waals surface area contributed by atoms with E-state index in [1.807, 2.05) is 0 Å². The van der Waals surface area contributed by atoms with Crippen molar-refractivity contribution in [1.29, 1.82) is 0 Å². The molecule has 4 aliphatic heterocycles. The molecule has 0 unspecified atom stereocenters. The molecule has 4 heterocycles. The Kier molecular flexibility index (Phi) is 16.4. The first-order chi connectivity index (χ1) is 26.2. The third kappa shape index (κ3) is 12.5. The van der Waals surface area contributed by atoms with Crippen molar-refractivity contribution in [2.75, 3.05) is 26.4 Å².